The van der Waals surface area contributed by atoms with Crippen LogP contribution in [0.15, 0.2) is 55.0 Å². The summed E-state index contributed by atoms with van der Waals surface area (Å²) < 4.78 is 10.8. The molecule has 0 amide bonds. The van der Waals surface area contributed by atoms with Crippen molar-refractivity contribution >= 4 is 44.1 Å². The average Bonchev–Trinajstić information content (AvgIpc) is 3.54. The van der Waals surface area contributed by atoms with Crippen molar-refractivity contribution < 1.29 is 11.6 Å². The van der Waals surface area contributed by atoms with Gasteiger partial charge in [0, 0.05) is 66.5 Å². The number of hydrogen-bond acceptors (Lipinski definition) is 8. The Morgan fingerprint density at radius 3 is 2.89 bits per heavy atom. The van der Waals surface area contributed by atoms with E-state index in [9.17, 15) is 15.5 Å². The van der Waals surface area contributed by atoms with Crippen molar-refractivity contribution in [2.45, 2.75) is 38.5 Å². The fourth-order valence-electron chi connectivity index (χ4n) is 5.52. The zero-order valence-electron chi connectivity index (χ0n) is 21.7. The maximum atomic E-state index is 10.7. The fourth-order valence-corrected chi connectivity index (χ4v) is 6.90. The number of nitriles is 1. The lowest BCUT2D eigenvalue weighted by Crippen LogP contribution is -2.51. The summed E-state index contributed by atoms with van der Waals surface area (Å²) in [6.07, 6.45) is 6.50. The minimum atomic E-state index is -1.10. The van der Waals surface area contributed by atoms with Crippen LogP contribution in [-0.2, 0) is 13.1 Å². The zero-order valence-corrected chi connectivity index (χ0v) is 22.3. The molecule has 2 aliphatic rings. The Morgan fingerprint density at radius 2 is 2.11 bits per heavy atom. The standard InChI is InChI=1S/C28H29ClN6O2S/c1-33-10-4-24(36)35(27(33)37)15-20-14-23-26(38-20)21(2-7-32-23)22-13-19(29)12-18-3-11-34(25(18)22)17-28(16-30)5-8-31-9-6-28/h2-4,7,10-14,24,27,31,36-37H,5-6,8-9,15,17H2,1H3/i1D. The first-order chi connectivity index (χ1) is 18.9. The Kier molecular flexibility index (Phi) is 6.32. The number of aromatic nitrogens is 2. The first-order valence-electron chi connectivity index (χ1n) is 13.3. The van der Waals surface area contributed by atoms with E-state index in [2.05, 4.69) is 33.2 Å². The van der Waals surface area contributed by atoms with Gasteiger partial charge in [0.2, 0.25) is 0 Å². The molecule has 3 aromatic heterocycles. The molecule has 1 aromatic carbocycles. The molecule has 0 saturated carbocycles. The Labute approximate surface area is 231 Å². The van der Waals surface area contributed by atoms with Crippen LogP contribution in [0.1, 0.15) is 19.1 Å². The summed E-state index contributed by atoms with van der Waals surface area (Å²) >= 11 is 8.16. The van der Waals surface area contributed by atoms with Gasteiger partial charge in [0.05, 0.1) is 27.2 Å². The van der Waals surface area contributed by atoms with Crippen molar-refractivity contribution in [3.8, 4) is 17.2 Å². The van der Waals surface area contributed by atoms with Crippen LogP contribution in [0, 0.1) is 16.7 Å². The van der Waals surface area contributed by atoms with Gasteiger partial charge in [-0.25, -0.2) is 4.90 Å². The quantitative estimate of drug-likeness (QED) is 0.341. The number of rotatable bonds is 5. The predicted molar refractivity (Wildman–Crippen MR) is 150 cm³/mol. The van der Waals surface area contributed by atoms with E-state index < -0.39 is 18.0 Å². The number of pyridine rings is 1. The molecule has 4 aromatic rings. The summed E-state index contributed by atoms with van der Waals surface area (Å²) in [7, 11) is -0.118. The molecule has 0 spiro atoms. The molecule has 2 aliphatic heterocycles. The molecule has 1 saturated heterocycles. The van der Waals surface area contributed by atoms with Gasteiger partial charge in [0.1, 0.15) is 6.23 Å². The zero-order chi connectivity index (χ0) is 27.1. The number of aliphatic hydroxyl groups excluding tert-OH is 2. The Hall–Kier alpha value is -2.97. The maximum absolute atomic E-state index is 10.7. The molecule has 0 radical (unpaired) electrons. The molecule has 10 heteroatoms. The molecule has 196 valence electrons. The van der Waals surface area contributed by atoms with Gasteiger partial charge in [0.25, 0.3) is 0 Å². The Bertz CT molecular complexity index is 1590. The van der Waals surface area contributed by atoms with Gasteiger partial charge in [-0.05, 0) is 62.3 Å². The van der Waals surface area contributed by atoms with Gasteiger partial charge < -0.3 is 25.0 Å². The molecular weight excluding hydrogens is 520 g/mol. The third-order valence-corrected chi connectivity index (χ3v) is 8.93. The molecule has 0 aliphatic carbocycles. The van der Waals surface area contributed by atoms with Crippen molar-refractivity contribution in [2.75, 3.05) is 20.1 Å². The topological polar surface area (TPSA) is 101 Å². The number of fused-ring (bicyclic) bond motifs is 2. The SMILES string of the molecule is [2H]CN1C=CC(O)N(Cc2cc3nccc(-c4cc(Cl)cc5ccn(CC6(C#N)CCNCC6)c45)c3s2)C1O. The number of thiophene rings is 1. The monoisotopic (exact) mass is 549 g/mol. The van der Waals surface area contributed by atoms with E-state index in [0.29, 0.717) is 18.1 Å². The number of nitrogens with one attached hydrogen (secondary N) is 1. The highest BCUT2D eigenvalue weighted by molar-refractivity contribution is 7.19. The van der Waals surface area contributed by atoms with Crippen LogP contribution in [0.2, 0.25) is 5.02 Å². The lowest BCUT2D eigenvalue weighted by Gasteiger charge is -2.38. The van der Waals surface area contributed by atoms with Gasteiger partial charge in [-0.3, -0.25) is 4.98 Å². The van der Waals surface area contributed by atoms with E-state index in [1.54, 1.807) is 29.8 Å². The summed E-state index contributed by atoms with van der Waals surface area (Å²) in [5, 5.41) is 36.3. The minimum Gasteiger partial charge on any atom is -0.374 e. The molecule has 2 unspecified atom stereocenters. The number of hydrogen-bond donors (Lipinski definition) is 3. The Morgan fingerprint density at radius 1 is 1.26 bits per heavy atom. The van der Waals surface area contributed by atoms with Crippen LogP contribution < -0.4 is 5.32 Å². The van der Waals surface area contributed by atoms with E-state index in [0.717, 1.165) is 63.1 Å². The molecule has 1 fully saturated rings. The molecule has 6 rings (SSSR count). The summed E-state index contributed by atoms with van der Waals surface area (Å²) in [6.45, 7) is 2.58. The largest absolute Gasteiger partial charge is 0.374 e. The third-order valence-electron chi connectivity index (χ3n) is 7.57. The summed E-state index contributed by atoms with van der Waals surface area (Å²) in [5.74, 6) is 0. The van der Waals surface area contributed by atoms with Crippen molar-refractivity contribution in [1.82, 2.24) is 24.7 Å². The van der Waals surface area contributed by atoms with Crippen LogP contribution in [0.25, 0.3) is 32.2 Å². The summed E-state index contributed by atoms with van der Waals surface area (Å²) in [6, 6.07) is 12.6. The normalized spacial score (nSPS) is 22.2. The van der Waals surface area contributed by atoms with Gasteiger partial charge in [0.15, 0.2) is 6.35 Å². The van der Waals surface area contributed by atoms with E-state index in [1.807, 2.05) is 24.3 Å². The van der Waals surface area contributed by atoms with E-state index in [-0.39, 0.29) is 7.02 Å². The van der Waals surface area contributed by atoms with E-state index in [1.165, 1.54) is 9.80 Å². The van der Waals surface area contributed by atoms with Crippen LogP contribution in [0.3, 0.4) is 0 Å². The molecule has 2 atom stereocenters. The number of piperidine rings is 1. The molecule has 3 N–H and O–H groups in total. The van der Waals surface area contributed by atoms with Crippen molar-refractivity contribution in [1.29, 1.82) is 5.26 Å². The van der Waals surface area contributed by atoms with Crippen molar-refractivity contribution in [2.24, 2.45) is 5.41 Å². The van der Waals surface area contributed by atoms with Crippen molar-refractivity contribution in [3.63, 3.8) is 0 Å². The predicted octanol–water partition coefficient (Wildman–Crippen LogP) is 4.32. The average molecular weight is 550 g/mol. The highest BCUT2D eigenvalue weighted by atomic mass is 35.5. The first-order valence-corrected chi connectivity index (χ1v) is 13.7. The van der Waals surface area contributed by atoms with Crippen LogP contribution in [0.4, 0.5) is 0 Å². The maximum Gasteiger partial charge on any atom is 0.188 e. The number of halogens is 1. The smallest absolute Gasteiger partial charge is 0.188 e. The van der Waals surface area contributed by atoms with Gasteiger partial charge in [-0.1, -0.05) is 11.6 Å². The van der Waals surface area contributed by atoms with Gasteiger partial charge >= 0.3 is 0 Å². The molecule has 8 nitrogen and oxygen atoms in total. The second-order valence-electron chi connectivity index (χ2n) is 10.1. The lowest BCUT2D eigenvalue weighted by atomic mass is 9.80. The van der Waals surface area contributed by atoms with Crippen molar-refractivity contribution in [3.05, 3.63) is 64.9 Å². The lowest BCUT2D eigenvalue weighted by molar-refractivity contribution is -0.152. The van der Waals surface area contributed by atoms with E-state index >= 15 is 0 Å². The molecule has 5 heterocycles. The second-order valence-corrected chi connectivity index (χ2v) is 11.6. The van der Waals surface area contributed by atoms with Crippen LogP contribution in [-0.4, -0.2) is 62.3 Å². The third kappa shape index (κ3) is 4.47. The number of aliphatic hydroxyl groups is 2. The van der Waals surface area contributed by atoms with Gasteiger partial charge in [-0.2, -0.15) is 5.26 Å². The second kappa shape index (κ2) is 9.97. The molecular formula is C28H29ClN6O2S. The van der Waals surface area contributed by atoms with Crippen LogP contribution >= 0.6 is 22.9 Å². The fraction of sp³-hybridized carbons (Fsp3) is 0.357. The summed E-state index contributed by atoms with van der Waals surface area (Å²) in [5.41, 5.74) is 3.40. The summed E-state index contributed by atoms with van der Waals surface area (Å²) in [4.78, 5) is 8.50. The number of benzene rings is 1. The highest BCUT2D eigenvalue weighted by Crippen LogP contribution is 2.41. The number of nitrogens with zero attached hydrogens (tertiary/aromatic N) is 5. The molecule has 0 bridgehead atoms. The van der Waals surface area contributed by atoms with Crippen LogP contribution in [0.5, 0.6) is 0 Å². The minimum absolute atomic E-state index is 0.118. The molecule has 38 heavy (non-hydrogen) atoms. The van der Waals surface area contributed by atoms with Gasteiger partial charge in [-0.15, -0.1) is 11.3 Å². The highest BCUT2D eigenvalue weighted by Gasteiger charge is 2.33. The van der Waals surface area contributed by atoms with E-state index in [4.69, 9.17) is 13.0 Å². The first kappa shape index (κ1) is 24.1. The Balaban J connectivity index is 1.41.